The van der Waals surface area contributed by atoms with E-state index in [9.17, 15) is 9.59 Å². The first-order chi connectivity index (χ1) is 28.1. The Kier molecular flexibility index (Phi) is 50.7. The Hall–Kier alpha value is -0.640. The van der Waals surface area contributed by atoms with E-state index in [1.807, 2.05) is 0 Å². The summed E-state index contributed by atoms with van der Waals surface area (Å²) in [5, 5.41) is 0. The second-order valence-corrected chi connectivity index (χ2v) is 18.9. The summed E-state index contributed by atoms with van der Waals surface area (Å²) in [6, 6.07) is 0. The van der Waals surface area contributed by atoms with Crippen LogP contribution in [0.1, 0.15) is 232 Å². The molecule has 0 amide bonds. The number of carbonyl (C=O) groups excluding carboxylic acids is 2. The zero-order chi connectivity index (χ0) is 42.7. The molecule has 0 atom stereocenters. The van der Waals surface area contributed by atoms with Gasteiger partial charge >= 0.3 is 11.9 Å². The number of likely N-dealkylation sites (N-methyl/N-ethyl adjacent to an activating group) is 2. The molecule has 8 nitrogen and oxygen atoms in total. The van der Waals surface area contributed by atoms with Crippen molar-refractivity contribution in [3.05, 3.63) is 0 Å². The minimum Gasteiger partial charge on any atom is -1.00 e. The summed E-state index contributed by atoms with van der Waals surface area (Å²) in [5.74, 6) is -0.172. The Morgan fingerprint density at radius 1 is 0.333 bits per heavy atom. The van der Waals surface area contributed by atoms with Crippen LogP contribution in [0.2, 0.25) is 0 Å². The van der Waals surface area contributed by atoms with Crippen molar-refractivity contribution in [2.75, 3.05) is 81.2 Å². The normalized spacial score (nSPS) is 11.6. The maximum Gasteiger partial charge on any atom is 0.310 e. The molecule has 0 N–H and O–H groups in total. The number of halogens is 2. The van der Waals surface area contributed by atoms with E-state index in [1.165, 1.54) is 180 Å². The lowest BCUT2D eigenvalue weighted by atomic mass is 10.0. The highest BCUT2D eigenvalue weighted by molar-refractivity contribution is 5.69. The molecule has 10 heteroatoms. The minimum absolute atomic E-state index is 0. The molecule has 0 aliphatic heterocycles. The third kappa shape index (κ3) is 50.0. The van der Waals surface area contributed by atoms with Gasteiger partial charge in [0.15, 0.2) is 0 Å². The van der Waals surface area contributed by atoms with Crippen molar-refractivity contribution in [3.63, 3.8) is 0 Å². The molecular formula is C50H102Cl2N2O6. The standard InChI is InChI=1S/C50H102N2O6.2ClH/c1-7-9-11-13-15-17-19-21-23-25-27-29-31-33-35-37-39-49(53)57-47-51(3,4)41-43-55-45-46-56-44-42-52(5,6)48-58-50(54)40-38-36-34-32-30-28-26-24-22-20-18-16-14-12-10-8-2;;/h7-48H2,1-6H3;2*1H/q+2;;/p-2. The van der Waals surface area contributed by atoms with Crippen LogP contribution in [0.15, 0.2) is 0 Å². The highest BCUT2D eigenvalue weighted by atomic mass is 35.5. The lowest BCUT2D eigenvalue weighted by Crippen LogP contribution is -3.00. The lowest BCUT2D eigenvalue weighted by Gasteiger charge is -2.29. The second-order valence-electron chi connectivity index (χ2n) is 18.9. The maximum absolute atomic E-state index is 12.3. The summed E-state index contributed by atoms with van der Waals surface area (Å²) in [4.78, 5) is 24.6. The topological polar surface area (TPSA) is 71.1 Å². The maximum atomic E-state index is 12.3. The van der Waals surface area contributed by atoms with E-state index in [4.69, 9.17) is 18.9 Å². The molecule has 0 aromatic heterocycles. The van der Waals surface area contributed by atoms with Gasteiger partial charge in [0.2, 0.25) is 13.5 Å². The van der Waals surface area contributed by atoms with E-state index < -0.39 is 0 Å². The number of rotatable bonds is 47. The number of ether oxygens (including phenoxy) is 4. The van der Waals surface area contributed by atoms with Crippen molar-refractivity contribution < 1.29 is 62.3 Å². The van der Waals surface area contributed by atoms with Gasteiger partial charge < -0.3 is 43.8 Å². The van der Waals surface area contributed by atoms with Crippen LogP contribution in [0.4, 0.5) is 0 Å². The van der Waals surface area contributed by atoms with Gasteiger partial charge in [-0.25, -0.2) is 0 Å². The molecule has 0 saturated heterocycles. The van der Waals surface area contributed by atoms with E-state index in [-0.39, 0.29) is 36.8 Å². The fourth-order valence-electron chi connectivity index (χ4n) is 7.35. The molecule has 0 spiro atoms. The summed E-state index contributed by atoms with van der Waals surface area (Å²) in [7, 11) is 8.26. The van der Waals surface area contributed by atoms with Crippen LogP contribution in [0, 0.1) is 0 Å². The molecule has 0 saturated carbocycles. The summed E-state index contributed by atoms with van der Waals surface area (Å²) >= 11 is 0. The average Bonchev–Trinajstić information content (AvgIpc) is 3.20. The van der Waals surface area contributed by atoms with Crippen LogP contribution in [0.25, 0.3) is 0 Å². The summed E-state index contributed by atoms with van der Waals surface area (Å²) in [5.41, 5.74) is 0. The Morgan fingerprint density at radius 3 is 0.783 bits per heavy atom. The highest BCUT2D eigenvalue weighted by Crippen LogP contribution is 2.16. The quantitative estimate of drug-likeness (QED) is 0.0273. The third-order valence-electron chi connectivity index (χ3n) is 11.7. The zero-order valence-corrected chi connectivity index (χ0v) is 42.3. The van der Waals surface area contributed by atoms with Crippen molar-refractivity contribution in [2.24, 2.45) is 0 Å². The molecule has 0 radical (unpaired) electrons. The largest absolute Gasteiger partial charge is 1.00 e. The number of hydrogen-bond acceptors (Lipinski definition) is 6. The number of quaternary nitrogens is 2. The molecule has 0 heterocycles. The van der Waals surface area contributed by atoms with Gasteiger partial charge in [-0.3, -0.25) is 18.6 Å². The highest BCUT2D eigenvalue weighted by Gasteiger charge is 2.19. The predicted octanol–water partition coefficient (Wildman–Crippen LogP) is 7.49. The predicted molar refractivity (Wildman–Crippen MR) is 246 cm³/mol. The smallest absolute Gasteiger partial charge is 0.310 e. The molecule has 0 unspecified atom stereocenters. The number of unbranched alkanes of at least 4 members (excludes halogenated alkanes) is 30. The Labute approximate surface area is 386 Å². The second kappa shape index (κ2) is 47.8. The average molecular weight is 898 g/mol. The van der Waals surface area contributed by atoms with Gasteiger partial charge in [0.05, 0.1) is 54.6 Å². The van der Waals surface area contributed by atoms with Crippen LogP contribution < -0.4 is 24.8 Å². The lowest BCUT2D eigenvalue weighted by molar-refractivity contribution is -0.907. The Balaban J connectivity index is -0.0000162. The molecule has 0 aliphatic rings. The molecule has 0 bridgehead atoms. The number of hydrogen-bond donors (Lipinski definition) is 0. The van der Waals surface area contributed by atoms with Crippen LogP contribution in [-0.4, -0.2) is 102 Å². The van der Waals surface area contributed by atoms with Gasteiger partial charge in [0.25, 0.3) is 0 Å². The Bertz CT molecular complexity index is 825. The van der Waals surface area contributed by atoms with E-state index in [2.05, 4.69) is 42.0 Å². The molecule has 0 fully saturated rings. The van der Waals surface area contributed by atoms with E-state index in [0.29, 0.717) is 61.7 Å². The molecular weight excluding hydrogens is 795 g/mol. The number of nitrogens with zero attached hydrogens (tertiary/aromatic N) is 2. The molecule has 0 aromatic carbocycles. The van der Waals surface area contributed by atoms with Gasteiger partial charge in [-0.05, 0) is 12.8 Å². The van der Waals surface area contributed by atoms with E-state index >= 15 is 0 Å². The third-order valence-corrected chi connectivity index (χ3v) is 11.7. The fourth-order valence-corrected chi connectivity index (χ4v) is 7.35. The van der Waals surface area contributed by atoms with Crippen molar-refractivity contribution in [1.29, 1.82) is 0 Å². The number of esters is 2. The summed E-state index contributed by atoms with van der Waals surface area (Å²) in [6.07, 6.45) is 43.6. The van der Waals surface area contributed by atoms with Crippen molar-refractivity contribution >= 4 is 11.9 Å². The molecule has 60 heavy (non-hydrogen) atoms. The van der Waals surface area contributed by atoms with Crippen LogP contribution >= 0.6 is 0 Å². The first kappa shape index (κ1) is 63.6. The van der Waals surface area contributed by atoms with Crippen LogP contribution in [0.5, 0.6) is 0 Å². The first-order valence-corrected chi connectivity index (χ1v) is 25.2. The fraction of sp³-hybridized carbons (Fsp3) is 0.960. The molecule has 0 aliphatic carbocycles. The minimum atomic E-state index is -0.0858. The molecule has 362 valence electrons. The van der Waals surface area contributed by atoms with Crippen molar-refractivity contribution in [3.8, 4) is 0 Å². The van der Waals surface area contributed by atoms with Gasteiger partial charge in [-0.15, -0.1) is 0 Å². The summed E-state index contributed by atoms with van der Waals surface area (Å²) in [6.45, 7) is 9.07. The summed E-state index contributed by atoms with van der Waals surface area (Å²) < 4.78 is 23.9. The van der Waals surface area contributed by atoms with Gasteiger partial charge in [-0.1, -0.05) is 206 Å². The Morgan fingerprint density at radius 2 is 0.550 bits per heavy atom. The van der Waals surface area contributed by atoms with Gasteiger partial charge in [0, 0.05) is 12.8 Å². The van der Waals surface area contributed by atoms with Crippen LogP contribution in [-0.2, 0) is 28.5 Å². The number of carbonyl (C=O) groups is 2. The monoisotopic (exact) mass is 897 g/mol. The van der Waals surface area contributed by atoms with E-state index in [1.54, 1.807) is 0 Å². The van der Waals surface area contributed by atoms with Gasteiger partial charge in [-0.2, -0.15) is 0 Å². The van der Waals surface area contributed by atoms with Crippen molar-refractivity contribution in [1.82, 2.24) is 0 Å². The van der Waals surface area contributed by atoms with E-state index in [0.717, 1.165) is 38.8 Å². The molecule has 0 rings (SSSR count). The van der Waals surface area contributed by atoms with Crippen LogP contribution in [0.3, 0.4) is 0 Å². The SMILES string of the molecule is CCCCCCCCCCCCCCCCCCC(=O)OC[N+](C)(C)CCOCCOCC[N+](C)(C)COC(=O)CCCCCCCCCCCCCCCCCC.[Cl-].[Cl-]. The van der Waals surface area contributed by atoms with Crippen molar-refractivity contribution in [2.45, 2.75) is 232 Å². The molecule has 0 aromatic rings. The zero-order valence-electron chi connectivity index (χ0n) is 40.8. The first-order valence-electron chi connectivity index (χ1n) is 25.2. The van der Waals surface area contributed by atoms with Gasteiger partial charge in [0.1, 0.15) is 13.1 Å².